The standard InChI is InChI=1S/C2H5NO3P/c1-2-5-7(4)6-3/h2H,1,3H2/q+1. The molecule has 0 rings (SSSR count). The van der Waals surface area contributed by atoms with Gasteiger partial charge in [-0.05, 0) is 4.62 Å². The van der Waals surface area contributed by atoms with Gasteiger partial charge in [-0.15, -0.1) is 0 Å². The van der Waals surface area contributed by atoms with Gasteiger partial charge in [-0.25, -0.2) is 4.52 Å². The van der Waals surface area contributed by atoms with Gasteiger partial charge in [0.2, 0.25) is 0 Å². The van der Waals surface area contributed by atoms with Crippen molar-refractivity contribution in [1.82, 2.24) is 0 Å². The Labute approximate surface area is 41.8 Å². The Morgan fingerprint density at radius 2 is 2.43 bits per heavy atom. The predicted molar refractivity (Wildman–Crippen MR) is 24.2 cm³/mol. The molecule has 1 atom stereocenters. The minimum absolute atomic E-state index is 0.992. The van der Waals surface area contributed by atoms with Gasteiger partial charge in [0, 0.05) is 4.57 Å². The van der Waals surface area contributed by atoms with E-state index in [1.165, 1.54) is 0 Å². The van der Waals surface area contributed by atoms with E-state index >= 15 is 0 Å². The lowest BCUT2D eigenvalue weighted by Gasteiger charge is -1.70. The van der Waals surface area contributed by atoms with Gasteiger partial charge in [0.05, 0.1) is 0 Å². The number of hydrogen-bond acceptors (Lipinski definition) is 4. The summed E-state index contributed by atoms with van der Waals surface area (Å²) in [6.07, 6.45) is 0.992. The second kappa shape index (κ2) is 3.74. The van der Waals surface area contributed by atoms with Gasteiger partial charge in [-0.1, -0.05) is 6.58 Å². The summed E-state index contributed by atoms with van der Waals surface area (Å²) < 4.78 is 17.7. The van der Waals surface area contributed by atoms with Crippen LogP contribution >= 0.6 is 8.25 Å². The third kappa shape index (κ3) is 3.39. The van der Waals surface area contributed by atoms with Crippen molar-refractivity contribution >= 4 is 8.25 Å². The molecule has 2 N–H and O–H groups in total. The first-order valence-electron chi connectivity index (χ1n) is 1.43. The molecule has 0 heterocycles. The molecule has 0 saturated carbocycles. The van der Waals surface area contributed by atoms with Crippen molar-refractivity contribution in [2.45, 2.75) is 0 Å². The normalized spacial score (nSPS) is 10.1. The highest BCUT2D eigenvalue weighted by Gasteiger charge is 2.14. The van der Waals surface area contributed by atoms with Gasteiger partial charge < -0.3 is 0 Å². The van der Waals surface area contributed by atoms with Crippen LogP contribution < -0.4 is 5.90 Å². The van der Waals surface area contributed by atoms with Crippen molar-refractivity contribution in [3.05, 3.63) is 12.8 Å². The van der Waals surface area contributed by atoms with Crippen LogP contribution in [-0.2, 0) is 13.7 Å². The topological polar surface area (TPSA) is 61.5 Å². The minimum Gasteiger partial charge on any atom is -0.237 e. The van der Waals surface area contributed by atoms with Crippen molar-refractivity contribution in [2.75, 3.05) is 0 Å². The lowest BCUT2D eigenvalue weighted by molar-refractivity contribution is 0.281. The second-order valence-corrected chi connectivity index (χ2v) is 1.47. The fourth-order valence-electron chi connectivity index (χ4n) is 0.0857. The van der Waals surface area contributed by atoms with E-state index in [0.717, 1.165) is 6.26 Å². The molecule has 0 aliphatic carbocycles. The van der Waals surface area contributed by atoms with Crippen LogP contribution in [0.2, 0.25) is 0 Å². The monoisotopic (exact) mass is 122 g/mol. The SMILES string of the molecule is C=CO[P+](=O)ON. The zero-order valence-electron chi connectivity index (χ0n) is 3.53. The summed E-state index contributed by atoms with van der Waals surface area (Å²) in [5.74, 6) is 4.40. The molecule has 7 heavy (non-hydrogen) atoms. The van der Waals surface area contributed by atoms with Crippen LogP contribution in [0.1, 0.15) is 0 Å². The molecule has 0 fully saturated rings. The molecule has 0 aromatic carbocycles. The molecular weight excluding hydrogens is 117 g/mol. The number of rotatable bonds is 3. The maximum Gasteiger partial charge on any atom is 0.768 e. The van der Waals surface area contributed by atoms with E-state index in [9.17, 15) is 4.57 Å². The number of nitrogens with two attached hydrogens (primary N) is 1. The fourth-order valence-corrected chi connectivity index (χ4v) is 0.257. The molecule has 0 spiro atoms. The van der Waals surface area contributed by atoms with Crippen molar-refractivity contribution in [3.63, 3.8) is 0 Å². The molecule has 0 saturated heterocycles. The third-order valence-electron chi connectivity index (χ3n) is 0.247. The van der Waals surface area contributed by atoms with E-state index < -0.39 is 8.25 Å². The Morgan fingerprint density at radius 1 is 1.86 bits per heavy atom. The van der Waals surface area contributed by atoms with Crippen LogP contribution in [-0.4, -0.2) is 0 Å². The van der Waals surface area contributed by atoms with E-state index in [-0.39, 0.29) is 0 Å². The van der Waals surface area contributed by atoms with Gasteiger partial charge in [-0.2, -0.15) is 5.90 Å². The summed E-state index contributed by atoms with van der Waals surface area (Å²) in [5, 5.41) is 0. The minimum atomic E-state index is -2.17. The molecule has 5 heteroatoms. The van der Waals surface area contributed by atoms with Gasteiger partial charge in [0.1, 0.15) is 6.26 Å². The highest BCUT2D eigenvalue weighted by Crippen LogP contribution is 2.19. The quantitative estimate of drug-likeness (QED) is 0.340. The molecule has 4 nitrogen and oxygen atoms in total. The van der Waals surface area contributed by atoms with Crippen LogP contribution in [0.4, 0.5) is 0 Å². The van der Waals surface area contributed by atoms with Crippen molar-refractivity contribution in [1.29, 1.82) is 0 Å². The zero-order chi connectivity index (χ0) is 5.70. The van der Waals surface area contributed by atoms with E-state index in [4.69, 9.17) is 0 Å². The smallest absolute Gasteiger partial charge is 0.237 e. The van der Waals surface area contributed by atoms with E-state index in [1.54, 1.807) is 0 Å². The van der Waals surface area contributed by atoms with Gasteiger partial charge in [-0.3, -0.25) is 0 Å². The molecule has 1 unspecified atom stereocenters. The van der Waals surface area contributed by atoms with Crippen molar-refractivity contribution in [3.8, 4) is 0 Å². The molecule has 0 bridgehead atoms. The molecule has 0 amide bonds. The summed E-state index contributed by atoms with van der Waals surface area (Å²) in [6, 6.07) is 0. The Hall–Kier alpha value is -0.440. The average molecular weight is 122 g/mol. The first-order valence-corrected chi connectivity index (χ1v) is 2.52. The number of hydrogen-bond donors (Lipinski definition) is 1. The lowest BCUT2D eigenvalue weighted by atomic mass is 11.2. The summed E-state index contributed by atoms with van der Waals surface area (Å²) >= 11 is 0. The lowest BCUT2D eigenvalue weighted by Crippen LogP contribution is -1.86. The van der Waals surface area contributed by atoms with E-state index in [2.05, 4.69) is 21.6 Å². The summed E-state index contributed by atoms with van der Waals surface area (Å²) in [4.78, 5) is 0. The van der Waals surface area contributed by atoms with E-state index in [1.807, 2.05) is 0 Å². The summed E-state index contributed by atoms with van der Waals surface area (Å²) in [7, 11) is -2.17. The summed E-state index contributed by atoms with van der Waals surface area (Å²) in [5.41, 5.74) is 0. The van der Waals surface area contributed by atoms with Gasteiger partial charge in [0.25, 0.3) is 0 Å². The molecule has 40 valence electrons. The highest BCUT2D eigenvalue weighted by atomic mass is 31.1. The first kappa shape index (κ1) is 6.56. The van der Waals surface area contributed by atoms with Crippen molar-refractivity contribution < 1.29 is 13.7 Å². The highest BCUT2D eigenvalue weighted by molar-refractivity contribution is 7.33. The molecule has 0 aliphatic heterocycles. The largest absolute Gasteiger partial charge is 0.768 e. The van der Waals surface area contributed by atoms with Gasteiger partial charge in [0.15, 0.2) is 0 Å². The van der Waals surface area contributed by atoms with Crippen LogP contribution in [0.5, 0.6) is 0 Å². The average Bonchev–Trinajstić information content (AvgIpc) is 1.68. The van der Waals surface area contributed by atoms with Crippen LogP contribution in [0.3, 0.4) is 0 Å². The molecule has 0 aliphatic rings. The molecule has 0 aromatic heterocycles. The molecular formula is C2H5NO3P+. The Kier molecular flexibility index (Phi) is 3.50. The Balaban J connectivity index is 3.17. The predicted octanol–water partition coefficient (Wildman–Crippen LogP) is 0.694. The van der Waals surface area contributed by atoms with E-state index in [0.29, 0.717) is 0 Å². The van der Waals surface area contributed by atoms with Crippen LogP contribution in [0, 0.1) is 0 Å². The third-order valence-corrected chi connectivity index (χ3v) is 0.740. The second-order valence-electron chi connectivity index (χ2n) is 0.601. The molecule has 0 radical (unpaired) electrons. The Morgan fingerprint density at radius 3 is 2.57 bits per heavy atom. The first-order chi connectivity index (χ1) is 3.31. The van der Waals surface area contributed by atoms with Crippen molar-refractivity contribution in [2.24, 2.45) is 5.90 Å². The summed E-state index contributed by atoms with van der Waals surface area (Å²) in [6.45, 7) is 3.11. The van der Waals surface area contributed by atoms with Crippen LogP contribution in [0.25, 0.3) is 0 Å². The maximum atomic E-state index is 9.92. The Bertz CT molecular complexity index is 83.0. The van der Waals surface area contributed by atoms with Gasteiger partial charge >= 0.3 is 8.25 Å². The maximum absolute atomic E-state index is 9.92. The molecule has 0 aromatic rings. The van der Waals surface area contributed by atoms with Crippen LogP contribution in [0.15, 0.2) is 12.8 Å². The zero-order valence-corrected chi connectivity index (χ0v) is 4.43. The fraction of sp³-hybridized carbons (Fsp3) is 0.